The molecule has 0 atom stereocenters. The molecule has 114 valence electrons. The zero-order valence-corrected chi connectivity index (χ0v) is 12.9. The predicted molar refractivity (Wildman–Crippen MR) is 78.6 cm³/mol. The third-order valence-electron chi connectivity index (χ3n) is 3.50. The number of aliphatic carboxylic acids is 1. The van der Waals surface area contributed by atoms with E-state index < -0.39 is 11.4 Å². The fraction of sp³-hybridized carbons (Fsp3) is 0.429. The molecule has 0 aromatic carbocycles. The number of carbonyl (C=O) groups excluding carboxylic acids is 1. The summed E-state index contributed by atoms with van der Waals surface area (Å²) in [5.41, 5.74) is -0.935. The van der Waals surface area contributed by atoms with Crippen molar-refractivity contribution in [3.63, 3.8) is 0 Å². The fourth-order valence-corrected chi connectivity index (χ4v) is 2.44. The van der Waals surface area contributed by atoms with Gasteiger partial charge in [-0.05, 0) is 47.0 Å². The SMILES string of the molecule is O=C(/C=C/c1ccc(Br)o1)NCC1(C(=O)O)CCOCC1. The van der Waals surface area contributed by atoms with Crippen molar-refractivity contribution in [2.75, 3.05) is 19.8 Å². The molecule has 1 fully saturated rings. The van der Waals surface area contributed by atoms with Gasteiger partial charge in [-0.1, -0.05) is 0 Å². The smallest absolute Gasteiger partial charge is 0.311 e. The van der Waals surface area contributed by atoms with Crippen LogP contribution < -0.4 is 5.32 Å². The van der Waals surface area contributed by atoms with Crippen LogP contribution in [0.4, 0.5) is 0 Å². The van der Waals surface area contributed by atoms with Gasteiger partial charge in [-0.15, -0.1) is 0 Å². The van der Waals surface area contributed by atoms with Gasteiger partial charge in [-0.25, -0.2) is 0 Å². The highest BCUT2D eigenvalue weighted by molar-refractivity contribution is 9.10. The van der Waals surface area contributed by atoms with E-state index in [1.54, 1.807) is 12.1 Å². The molecule has 7 heteroatoms. The van der Waals surface area contributed by atoms with Crippen LogP contribution in [0, 0.1) is 5.41 Å². The number of ether oxygens (including phenoxy) is 1. The molecule has 1 aromatic rings. The van der Waals surface area contributed by atoms with E-state index in [4.69, 9.17) is 9.15 Å². The minimum absolute atomic E-state index is 0.0940. The maximum Gasteiger partial charge on any atom is 0.311 e. The fourth-order valence-electron chi connectivity index (χ4n) is 2.12. The molecule has 6 nitrogen and oxygen atoms in total. The van der Waals surface area contributed by atoms with Crippen LogP contribution in [0.5, 0.6) is 0 Å². The van der Waals surface area contributed by atoms with Crippen molar-refractivity contribution in [3.8, 4) is 0 Å². The van der Waals surface area contributed by atoms with Gasteiger partial charge in [0.2, 0.25) is 5.91 Å². The quantitative estimate of drug-likeness (QED) is 0.787. The van der Waals surface area contributed by atoms with Crippen molar-refractivity contribution >= 4 is 33.9 Å². The van der Waals surface area contributed by atoms with Crippen LogP contribution in [0.25, 0.3) is 6.08 Å². The van der Waals surface area contributed by atoms with Crippen molar-refractivity contribution in [1.29, 1.82) is 0 Å². The van der Waals surface area contributed by atoms with Crippen LogP contribution in [-0.2, 0) is 14.3 Å². The zero-order chi connectivity index (χ0) is 15.3. The van der Waals surface area contributed by atoms with Crippen molar-refractivity contribution in [3.05, 3.63) is 28.6 Å². The van der Waals surface area contributed by atoms with E-state index in [1.165, 1.54) is 12.2 Å². The number of furan rings is 1. The summed E-state index contributed by atoms with van der Waals surface area (Å²) in [4.78, 5) is 23.2. The predicted octanol–water partition coefficient (Wildman–Crippen LogP) is 2.05. The van der Waals surface area contributed by atoms with Gasteiger partial charge in [0, 0.05) is 25.8 Å². The third kappa shape index (κ3) is 4.18. The lowest BCUT2D eigenvalue weighted by atomic mass is 9.80. The van der Waals surface area contributed by atoms with Crippen molar-refractivity contribution in [2.24, 2.45) is 5.41 Å². The first-order valence-corrected chi connectivity index (χ1v) is 7.34. The Kier molecular flexibility index (Phi) is 5.19. The van der Waals surface area contributed by atoms with Gasteiger partial charge in [-0.2, -0.15) is 0 Å². The molecule has 21 heavy (non-hydrogen) atoms. The highest BCUT2D eigenvalue weighted by Crippen LogP contribution is 2.30. The number of rotatable bonds is 5. The highest BCUT2D eigenvalue weighted by Gasteiger charge is 2.40. The Morgan fingerprint density at radius 2 is 2.10 bits per heavy atom. The van der Waals surface area contributed by atoms with E-state index in [0.29, 0.717) is 36.5 Å². The first kappa shape index (κ1) is 15.8. The van der Waals surface area contributed by atoms with Crippen molar-refractivity contribution in [2.45, 2.75) is 12.8 Å². The van der Waals surface area contributed by atoms with Crippen LogP contribution in [0.3, 0.4) is 0 Å². The average Bonchev–Trinajstić information content (AvgIpc) is 2.89. The number of carboxylic acid groups (broad SMARTS) is 1. The van der Waals surface area contributed by atoms with Crippen LogP contribution in [0.2, 0.25) is 0 Å². The summed E-state index contributed by atoms with van der Waals surface area (Å²) < 4.78 is 11.0. The molecule has 2 N–H and O–H groups in total. The second-order valence-corrected chi connectivity index (χ2v) is 5.67. The highest BCUT2D eigenvalue weighted by atomic mass is 79.9. The molecule has 1 aromatic heterocycles. The summed E-state index contributed by atoms with van der Waals surface area (Å²) in [6.07, 6.45) is 3.65. The Bertz CT molecular complexity index is 545. The molecule has 2 heterocycles. The van der Waals surface area contributed by atoms with Crippen LogP contribution in [0.15, 0.2) is 27.3 Å². The minimum atomic E-state index is -0.935. The lowest BCUT2D eigenvalue weighted by Crippen LogP contribution is -2.46. The molecule has 0 radical (unpaired) electrons. The summed E-state index contributed by atoms with van der Waals surface area (Å²) >= 11 is 3.17. The van der Waals surface area contributed by atoms with Crippen LogP contribution in [0.1, 0.15) is 18.6 Å². The molecular formula is C14H16BrNO5. The number of carboxylic acids is 1. The first-order valence-electron chi connectivity index (χ1n) is 6.54. The molecule has 0 spiro atoms. The standard InChI is InChI=1S/C14H16BrNO5/c15-11-3-1-10(21-11)2-4-12(17)16-9-14(13(18)19)5-7-20-8-6-14/h1-4H,5-9H2,(H,16,17)(H,18,19)/b4-2+. The van der Waals surface area contributed by atoms with Gasteiger partial charge < -0.3 is 19.6 Å². The molecule has 0 bridgehead atoms. The molecule has 0 aliphatic carbocycles. The summed E-state index contributed by atoms with van der Waals surface area (Å²) in [5.74, 6) is -0.712. The Morgan fingerprint density at radius 3 is 2.67 bits per heavy atom. The topological polar surface area (TPSA) is 88.8 Å². The van der Waals surface area contributed by atoms with E-state index in [-0.39, 0.29) is 12.5 Å². The lowest BCUT2D eigenvalue weighted by Gasteiger charge is -2.32. The third-order valence-corrected chi connectivity index (χ3v) is 3.92. The molecule has 0 unspecified atom stereocenters. The van der Waals surface area contributed by atoms with E-state index >= 15 is 0 Å². The number of nitrogens with one attached hydrogen (secondary N) is 1. The molecule has 1 saturated heterocycles. The van der Waals surface area contributed by atoms with Gasteiger partial charge in [-0.3, -0.25) is 9.59 Å². The van der Waals surface area contributed by atoms with E-state index in [0.717, 1.165) is 0 Å². The summed E-state index contributed by atoms with van der Waals surface area (Å²) in [6, 6.07) is 3.43. The summed E-state index contributed by atoms with van der Waals surface area (Å²) in [5, 5.41) is 12.0. The van der Waals surface area contributed by atoms with Crippen LogP contribution in [-0.4, -0.2) is 36.7 Å². The largest absolute Gasteiger partial charge is 0.481 e. The molecule has 1 amide bonds. The number of hydrogen-bond acceptors (Lipinski definition) is 4. The number of hydrogen-bond donors (Lipinski definition) is 2. The molecule has 0 saturated carbocycles. The van der Waals surface area contributed by atoms with Crippen molar-refractivity contribution < 1.29 is 23.8 Å². The maximum absolute atomic E-state index is 11.8. The van der Waals surface area contributed by atoms with E-state index in [1.807, 2.05) is 0 Å². The average molecular weight is 358 g/mol. The molecule has 1 aliphatic heterocycles. The van der Waals surface area contributed by atoms with E-state index in [2.05, 4.69) is 21.2 Å². The number of carbonyl (C=O) groups is 2. The monoisotopic (exact) mass is 357 g/mol. The number of halogens is 1. The van der Waals surface area contributed by atoms with Gasteiger partial charge in [0.05, 0.1) is 5.41 Å². The first-order chi connectivity index (χ1) is 10.0. The van der Waals surface area contributed by atoms with Gasteiger partial charge >= 0.3 is 5.97 Å². The number of amides is 1. The Balaban J connectivity index is 1.90. The Hall–Kier alpha value is -1.60. The van der Waals surface area contributed by atoms with Gasteiger partial charge in [0.25, 0.3) is 0 Å². The maximum atomic E-state index is 11.8. The lowest BCUT2D eigenvalue weighted by molar-refractivity contribution is -0.154. The molecule has 1 aliphatic rings. The molecular weight excluding hydrogens is 342 g/mol. The second-order valence-electron chi connectivity index (χ2n) is 4.89. The summed E-state index contributed by atoms with van der Waals surface area (Å²) in [7, 11) is 0. The van der Waals surface area contributed by atoms with Crippen LogP contribution >= 0.6 is 15.9 Å². The molecule has 2 rings (SSSR count). The van der Waals surface area contributed by atoms with Gasteiger partial charge in [0.15, 0.2) is 4.67 Å². The van der Waals surface area contributed by atoms with Gasteiger partial charge in [0.1, 0.15) is 5.76 Å². The normalized spacial score (nSPS) is 17.8. The summed E-state index contributed by atoms with van der Waals surface area (Å²) in [6.45, 7) is 0.896. The Morgan fingerprint density at radius 1 is 1.38 bits per heavy atom. The van der Waals surface area contributed by atoms with Crippen molar-refractivity contribution in [1.82, 2.24) is 5.32 Å². The Labute approximate surface area is 130 Å². The van der Waals surface area contributed by atoms with E-state index in [9.17, 15) is 14.7 Å². The second kappa shape index (κ2) is 6.91. The minimum Gasteiger partial charge on any atom is -0.481 e. The zero-order valence-electron chi connectivity index (χ0n) is 11.3.